The van der Waals surface area contributed by atoms with E-state index >= 15 is 0 Å². The Morgan fingerprint density at radius 1 is 1.28 bits per heavy atom. The van der Waals surface area contributed by atoms with Crippen molar-refractivity contribution in [3.05, 3.63) is 29.7 Å². The van der Waals surface area contributed by atoms with Crippen molar-refractivity contribution in [1.82, 2.24) is 14.8 Å². The zero-order valence-electron chi connectivity index (χ0n) is 13.6. The minimum absolute atomic E-state index is 0.241. The van der Waals surface area contributed by atoms with Crippen molar-refractivity contribution < 1.29 is 13.2 Å². The lowest BCUT2D eigenvalue weighted by Crippen LogP contribution is -2.26. The van der Waals surface area contributed by atoms with Crippen LogP contribution in [0.1, 0.15) is 38.7 Å². The first-order chi connectivity index (χ1) is 12.1. The summed E-state index contributed by atoms with van der Waals surface area (Å²) in [5.74, 6) is 0.449. The number of aromatic nitrogens is 3. The molecule has 1 N–H and O–H groups in total. The molecule has 0 atom stereocenters. The summed E-state index contributed by atoms with van der Waals surface area (Å²) in [6.45, 7) is -2.95. The fourth-order valence-electron chi connectivity index (χ4n) is 3.31. The molecule has 25 heavy (non-hydrogen) atoms. The molecule has 0 bridgehead atoms. The fraction of sp³-hybridized carbons (Fsp3) is 0.529. The van der Waals surface area contributed by atoms with E-state index in [1.165, 1.54) is 18.5 Å². The molecule has 2 heterocycles. The van der Waals surface area contributed by atoms with Gasteiger partial charge in [-0.1, -0.05) is 11.6 Å². The monoisotopic (exact) mass is 372 g/mol. The Hall–Kier alpha value is -1.76. The molecule has 1 saturated carbocycles. The van der Waals surface area contributed by atoms with Crippen LogP contribution in [0.4, 0.5) is 18.9 Å². The third-order valence-corrected chi connectivity index (χ3v) is 4.89. The van der Waals surface area contributed by atoms with Gasteiger partial charge in [0.1, 0.15) is 5.15 Å². The lowest BCUT2D eigenvalue weighted by Gasteiger charge is -2.29. The highest BCUT2D eigenvalue weighted by atomic mass is 35.5. The van der Waals surface area contributed by atoms with Gasteiger partial charge in [0.15, 0.2) is 0 Å². The lowest BCUT2D eigenvalue weighted by atomic mass is 9.84. The second-order valence-corrected chi connectivity index (χ2v) is 6.74. The van der Waals surface area contributed by atoms with Gasteiger partial charge in [0.25, 0.3) is 0 Å². The number of rotatable bonds is 6. The molecule has 2 aromatic rings. The Morgan fingerprint density at radius 3 is 2.68 bits per heavy atom. The van der Waals surface area contributed by atoms with Crippen molar-refractivity contribution in [2.75, 3.05) is 12.0 Å². The van der Waals surface area contributed by atoms with Gasteiger partial charge >= 0.3 is 6.55 Å². The maximum absolute atomic E-state index is 12.8. The van der Waals surface area contributed by atoms with Gasteiger partial charge in [-0.2, -0.15) is 13.9 Å². The molecule has 0 amide bonds. The zero-order chi connectivity index (χ0) is 17.8. The van der Waals surface area contributed by atoms with E-state index in [1.807, 2.05) is 0 Å². The first-order valence-electron chi connectivity index (χ1n) is 8.38. The smallest absolute Gasteiger partial charge is 0.333 e. The number of pyridine rings is 1. The molecule has 4 nitrogen and oxygen atoms in total. The Labute approximate surface area is 149 Å². The molecule has 0 radical (unpaired) electrons. The van der Waals surface area contributed by atoms with E-state index in [4.69, 9.17) is 11.6 Å². The largest absolute Gasteiger partial charge is 0.382 e. The normalized spacial score (nSPS) is 20.8. The Kier molecular flexibility index (Phi) is 5.83. The van der Waals surface area contributed by atoms with Crippen LogP contribution in [0.15, 0.2) is 24.5 Å². The summed E-state index contributed by atoms with van der Waals surface area (Å²) >= 11 is 6.00. The SMILES string of the molecule is FCCC1CCC(Nc2cc(Cl)ncc2-c2ccn(C(F)F)n2)CC1. The predicted octanol–water partition coefficient (Wildman–Crippen LogP) is 5.32. The molecule has 2 aromatic heterocycles. The Morgan fingerprint density at radius 2 is 2.04 bits per heavy atom. The summed E-state index contributed by atoms with van der Waals surface area (Å²) in [7, 11) is 0. The quantitative estimate of drug-likeness (QED) is 0.697. The fourth-order valence-corrected chi connectivity index (χ4v) is 3.47. The van der Waals surface area contributed by atoms with Gasteiger partial charge in [-0.05, 0) is 50.2 Å². The average molecular weight is 373 g/mol. The van der Waals surface area contributed by atoms with E-state index in [2.05, 4.69) is 15.4 Å². The molecule has 1 fully saturated rings. The molecular formula is C17H20ClF3N4. The topological polar surface area (TPSA) is 42.7 Å². The van der Waals surface area contributed by atoms with Crippen molar-refractivity contribution in [3.63, 3.8) is 0 Å². The lowest BCUT2D eigenvalue weighted by molar-refractivity contribution is 0.0568. The Bertz CT molecular complexity index is 699. The summed E-state index contributed by atoms with van der Waals surface area (Å²) in [4.78, 5) is 4.05. The molecular weight excluding hydrogens is 353 g/mol. The molecule has 8 heteroatoms. The van der Waals surface area contributed by atoms with E-state index in [9.17, 15) is 13.2 Å². The highest BCUT2D eigenvalue weighted by molar-refractivity contribution is 6.29. The van der Waals surface area contributed by atoms with E-state index < -0.39 is 6.55 Å². The number of alkyl halides is 3. The number of nitrogens with one attached hydrogen (secondary N) is 1. The second kappa shape index (κ2) is 8.08. The molecule has 0 aliphatic heterocycles. The van der Waals surface area contributed by atoms with Crippen LogP contribution < -0.4 is 5.32 Å². The van der Waals surface area contributed by atoms with Gasteiger partial charge in [-0.25, -0.2) is 9.67 Å². The number of nitrogens with zero attached hydrogens (tertiary/aromatic N) is 3. The molecule has 1 aliphatic rings. The summed E-state index contributed by atoms with van der Waals surface area (Å²) < 4.78 is 38.6. The van der Waals surface area contributed by atoms with E-state index in [-0.39, 0.29) is 12.7 Å². The van der Waals surface area contributed by atoms with E-state index in [0.29, 0.717) is 33.4 Å². The predicted molar refractivity (Wildman–Crippen MR) is 91.7 cm³/mol. The van der Waals surface area contributed by atoms with Gasteiger partial charge in [0, 0.05) is 29.7 Å². The van der Waals surface area contributed by atoms with Crippen LogP contribution in [0.25, 0.3) is 11.3 Å². The summed E-state index contributed by atoms with van der Waals surface area (Å²) in [5.41, 5.74) is 1.78. The highest BCUT2D eigenvalue weighted by Crippen LogP contribution is 2.33. The van der Waals surface area contributed by atoms with Crippen LogP contribution in [-0.2, 0) is 0 Å². The second-order valence-electron chi connectivity index (χ2n) is 6.35. The van der Waals surface area contributed by atoms with Gasteiger partial charge < -0.3 is 5.32 Å². The third kappa shape index (κ3) is 4.45. The molecule has 0 spiro atoms. The first kappa shape index (κ1) is 18.0. The Balaban J connectivity index is 1.76. The van der Waals surface area contributed by atoms with Crippen LogP contribution in [-0.4, -0.2) is 27.5 Å². The van der Waals surface area contributed by atoms with Crippen LogP contribution in [0.3, 0.4) is 0 Å². The number of hydrogen-bond donors (Lipinski definition) is 1. The average Bonchev–Trinajstić information content (AvgIpc) is 3.07. The molecule has 0 saturated heterocycles. The maximum atomic E-state index is 12.8. The van der Waals surface area contributed by atoms with Crippen molar-refractivity contribution in [3.8, 4) is 11.3 Å². The highest BCUT2D eigenvalue weighted by Gasteiger charge is 2.22. The van der Waals surface area contributed by atoms with Crippen LogP contribution in [0, 0.1) is 5.92 Å². The number of hydrogen-bond acceptors (Lipinski definition) is 3. The van der Waals surface area contributed by atoms with Crippen LogP contribution in [0.5, 0.6) is 0 Å². The molecule has 1 aliphatic carbocycles. The van der Waals surface area contributed by atoms with Crippen LogP contribution >= 0.6 is 11.6 Å². The van der Waals surface area contributed by atoms with Crippen molar-refractivity contribution in [2.45, 2.75) is 44.7 Å². The van der Waals surface area contributed by atoms with Gasteiger partial charge in [-0.15, -0.1) is 0 Å². The third-order valence-electron chi connectivity index (χ3n) is 4.68. The standard InChI is InChI=1S/C17H20ClF3N4/c18-16-9-15(23-12-3-1-11(2-4-12)5-7-19)13(10-22-16)14-6-8-25(24-14)17(20)21/h6,8-12,17H,1-5,7H2,(H,22,23). The summed E-state index contributed by atoms with van der Waals surface area (Å²) in [6.07, 6.45) is 7.25. The first-order valence-corrected chi connectivity index (χ1v) is 8.76. The minimum Gasteiger partial charge on any atom is -0.382 e. The van der Waals surface area contributed by atoms with Gasteiger partial charge in [0.2, 0.25) is 0 Å². The number of anilines is 1. The summed E-state index contributed by atoms with van der Waals surface area (Å²) in [6, 6.07) is 3.46. The zero-order valence-corrected chi connectivity index (χ0v) is 14.4. The van der Waals surface area contributed by atoms with Gasteiger partial charge in [0.05, 0.1) is 12.4 Å². The molecule has 0 unspecified atom stereocenters. The summed E-state index contributed by atoms with van der Waals surface area (Å²) in [5, 5.41) is 7.66. The molecule has 3 rings (SSSR count). The maximum Gasteiger partial charge on any atom is 0.333 e. The molecule has 136 valence electrons. The van der Waals surface area contributed by atoms with Crippen molar-refractivity contribution in [2.24, 2.45) is 5.92 Å². The van der Waals surface area contributed by atoms with E-state index in [0.717, 1.165) is 31.4 Å². The van der Waals surface area contributed by atoms with Crippen molar-refractivity contribution >= 4 is 17.3 Å². The van der Waals surface area contributed by atoms with E-state index in [1.54, 1.807) is 6.07 Å². The van der Waals surface area contributed by atoms with Crippen LogP contribution in [0.2, 0.25) is 5.15 Å². The minimum atomic E-state index is -2.68. The number of halogens is 4. The van der Waals surface area contributed by atoms with Gasteiger partial charge in [-0.3, -0.25) is 4.39 Å². The molecule has 0 aromatic carbocycles. The van der Waals surface area contributed by atoms with Crippen molar-refractivity contribution in [1.29, 1.82) is 0 Å².